The molecule has 0 atom stereocenters. The Bertz CT molecular complexity index is 367. The van der Waals surface area contributed by atoms with Gasteiger partial charge in [0.25, 0.3) is 0 Å². The molecule has 0 nitrogen and oxygen atoms in total. The first-order chi connectivity index (χ1) is 9.41. The van der Waals surface area contributed by atoms with E-state index in [0.29, 0.717) is 0 Å². The molecule has 0 aromatic carbocycles. The standard InChI is InChI=1S/C20H34/c1-17(2)11-7-8-13-19(5)15-10-16-20(6)14-9-12-18(3)4/h11-13,16H,7-10,14-15H2,1-6H3/b19-13-,20-16+. The van der Waals surface area contributed by atoms with Crippen molar-refractivity contribution in [3.05, 3.63) is 46.6 Å². The van der Waals surface area contributed by atoms with Crippen LogP contribution >= 0.6 is 0 Å². The molecule has 0 heteroatoms. The lowest BCUT2D eigenvalue weighted by molar-refractivity contribution is 0.906. The summed E-state index contributed by atoms with van der Waals surface area (Å²) in [7, 11) is 0. The summed E-state index contributed by atoms with van der Waals surface area (Å²) in [6.07, 6.45) is 16.6. The van der Waals surface area contributed by atoms with Crippen molar-refractivity contribution >= 4 is 0 Å². The fraction of sp³-hybridized carbons (Fsp3) is 0.600. The highest BCUT2D eigenvalue weighted by Crippen LogP contribution is 2.12. The second-order valence-corrected chi connectivity index (χ2v) is 6.32. The zero-order chi connectivity index (χ0) is 15.4. The minimum Gasteiger partial charge on any atom is -0.0856 e. The van der Waals surface area contributed by atoms with Gasteiger partial charge in [-0.15, -0.1) is 0 Å². The Kier molecular flexibility index (Phi) is 11.1. The van der Waals surface area contributed by atoms with E-state index in [4.69, 9.17) is 0 Å². The van der Waals surface area contributed by atoms with Crippen LogP contribution in [0.3, 0.4) is 0 Å². The van der Waals surface area contributed by atoms with Crippen LogP contribution in [0.1, 0.15) is 80.1 Å². The van der Waals surface area contributed by atoms with Gasteiger partial charge in [0.2, 0.25) is 0 Å². The molecule has 0 saturated heterocycles. The number of unbranched alkanes of at least 4 members (excludes halogenated alkanes) is 1. The molecule has 0 fully saturated rings. The third-order valence-corrected chi connectivity index (χ3v) is 3.33. The average Bonchev–Trinajstić information content (AvgIpc) is 2.34. The van der Waals surface area contributed by atoms with Gasteiger partial charge in [-0.25, -0.2) is 0 Å². The van der Waals surface area contributed by atoms with Gasteiger partial charge in [0, 0.05) is 0 Å². The van der Waals surface area contributed by atoms with E-state index in [0.717, 1.165) is 0 Å². The summed E-state index contributed by atoms with van der Waals surface area (Å²) in [6.45, 7) is 13.2. The van der Waals surface area contributed by atoms with Crippen molar-refractivity contribution in [2.24, 2.45) is 0 Å². The highest BCUT2D eigenvalue weighted by molar-refractivity contribution is 5.06. The van der Waals surface area contributed by atoms with E-state index in [1.165, 1.54) is 60.8 Å². The van der Waals surface area contributed by atoms with Crippen LogP contribution in [0.5, 0.6) is 0 Å². The first kappa shape index (κ1) is 19.0. The fourth-order valence-corrected chi connectivity index (χ4v) is 2.04. The Morgan fingerprint density at radius 3 is 1.35 bits per heavy atom. The topological polar surface area (TPSA) is 0 Å². The lowest BCUT2D eigenvalue weighted by Crippen LogP contribution is -1.81. The van der Waals surface area contributed by atoms with Crippen LogP contribution in [-0.2, 0) is 0 Å². The number of hydrogen-bond acceptors (Lipinski definition) is 0. The van der Waals surface area contributed by atoms with Crippen LogP contribution in [0.4, 0.5) is 0 Å². The number of allylic oxidation sites excluding steroid dienone is 8. The maximum absolute atomic E-state index is 2.41. The predicted octanol–water partition coefficient (Wildman–Crippen LogP) is 7.15. The number of hydrogen-bond donors (Lipinski definition) is 0. The van der Waals surface area contributed by atoms with Crippen LogP contribution < -0.4 is 0 Å². The molecule has 0 saturated carbocycles. The van der Waals surface area contributed by atoms with Crippen molar-refractivity contribution in [3.63, 3.8) is 0 Å². The molecule has 0 aliphatic rings. The molecule has 114 valence electrons. The average molecular weight is 274 g/mol. The summed E-state index contributed by atoms with van der Waals surface area (Å²) in [5.41, 5.74) is 5.90. The van der Waals surface area contributed by atoms with Crippen LogP contribution in [0.15, 0.2) is 46.6 Å². The molecule has 0 aromatic heterocycles. The molecule has 0 N–H and O–H groups in total. The van der Waals surface area contributed by atoms with E-state index in [-0.39, 0.29) is 0 Å². The molecule has 0 radical (unpaired) electrons. The highest BCUT2D eigenvalue weighted by atomic mass is 14.0. The van der Waals surface area contributed by atoms with Crippen LogP contribution in [0.25, 0.3) is 0 Å². The van der Waals surface area contributed by atoms with Crippen molar-refractivity contribution in [1.29, 1.82) is 0 Å². The summed E-state index contributed by atoms with van der Waals surface area (Å²) in [5.74, 6) is 0. The monoisotopic (exact) mass is 274 g/mol. The lowest BCUT2D eigenvalue weighted by Gasteiger charge is -2.01. The summed E-state index contributed by atoms with van der Waals surface area (Å²) < 4.78 is 0. The smallest absolute Gasteiger partial charge is 0.0288 e. The van der Waals surface area contributed by atoms with Crippen molar-refractivity contribution in [1.82, 2.24) is 0 Å². The SMILES string of the molecule is CC(C)=CCC/C=C(/C)CC/C=C(\C)CCC=C(C)C. The maximum Gasteiger partial charge on any atom is -0.0288 e. The summed E-state index contributed by atoms with van der Waals surface area (Å²) in [4.78, 5) is 0. The second-order valence-electron chi connectivity index (χ2n) is 6.32. The third kappa shape index (κ3) is 13.4. The Labute approximate surface area is 127 Å². The van der Waals surface area contributed by atoms with E-state index in [1.807, 2.05) is 0 Å². The number of rotatable bonds is 9. The maximum atomic E-state index is 2.41. The van der Waals surface area contributed by atoms with Gasteiger partial charge in [-0.3, -0.25) is 0 Å². The third-order valence-electron chi connectivity index (χ3n) is 3.33. The molecule has 0 aliphatic carbocycles. The van der Waals surface area contributed by atoms with E-state index < -0.39 is 0 Å². The van der Waals surface area contributed by atoms with Gasteiger partial charge in [0.1, 0.15) is 0 Å². The first-order valence-electron chi connectivity index (χ1n) is 7.99. The van der Waals surface area contributed by atoms with Crippen LogP contribution in [0.2, 0.25) is 0 Å². The van der Waals surface area contributed by atoms with E-state index in [9.17, 15) is 0 Å². The predicted molar refractivity (Wildman–Crippen MR) is 94.1 cm³/mol. The molecule has 0 unspecified atom stereocenters. The first-order valence-corrected chi connectivity index (χ1v) is 7.99. The zero-order valence-corrected chi connectivity index (χ0v) is 14.6. The molecular weight excluding hydrogens is 240 g/mol. The van der Waals surface area contributed by atoms with Gasteiger partial charge >= 0.3 is 0 Å². The Morgan fingerprint density at radius 2 is 0.850 bits per heavy atom. The zero-order valence-electron chi connectivity index (χ0n) is 14.6. The molecule has 0 aromatic rings. The quantitative estimate of drug-likeness (QED) is 0.309. The van der Waals surface area contributed by atoms with Crippen molar-refractivity contribution in [3.8, 4) is 0 Å². The normalized spacial score (nSPS) is 12.3. The highest BCUT2D eigenvalue weighted by Gasteiger charge is 1.92. The molecule has 0 heterocycles. The van der Waals surface area contributed by atoms with Gasteiger partial charge in [-0.2, -0.15) is 0 Å². The summed E-state index contributed by atoms with van der Waals surface area (Å²) in [6, 6.07) is 0. The molecule has 0 rings (SSSR count). The van der Waals surface area contributed by atoms with Gasteiger partial charge in [-0.05, 0) is 80.1 Å². The Balaban J connectivity index is 3.88. The molecule has 0 aliphatic heterocycles. The Morgan fingerprint density at radius 1 is 0.500 bits per heavy atom. The minimum atomic E-state index is 1.18. The summed E-state index contributed by atoms with van der Waals surface area (Å²) >= 11 is 0. The van der Waals surface area contributed by atoms with Crippen molar-refractivity contribution in [2.45, 2.75) is 80.1 Å². The molecular formula is C20H34. The molecule has 0 bridgehead atoms. The van der Waals surface area contributed by atoms with Crippen molar-refractivity contribution in [2.75, 3.05) is 0 Å². The molecule has 20 heavy (non-hydrogen) atoms. The lowest BCUT2D eigenvalue weighted by atomic mass is 10.1. The van der Waals surface area contributed by atoms with Gasteiger partial charge in [-0.1, -0.05) is 46.6 Å². The van der Waals surface area contributed by atoms with Crippen LogP contribution in [-0.4, -0.2) is 0 Å². The van der Waals surface area contributed by atoms with Gasteiger partial charge in [0.05, 0.1) is 0 Å². The minimum absolute atomic E-state index is 1.18. The van der Waals surface area contributed by atoms with E-state index in [1.54, 1.807) is 0 Å². The van der Waals surface area contributed by atoms with Crippen molar-refractivity contribution < 1.29 is 0 Å². The van der Waals surface area contributed by atoms with E-state index in [2.05, 4.69) is 65.8 Å². The fourth-order valence-electron chi connectivity index (χ4n) is 2.04. The van der Waals surface area contributed by atoms with Gasteiger partial charge < -0.3 is 0 Å². The largest absolute Gasteiger partial charge is 0.0856 e. The van der Waals surface area contributed by atoms with Gasteiger partial charge in [0.15, 0.2) is 0 Å². The Hall–Kier alpha value is -1.04. The molecule has 0 amide bonds. The molecule has 0 spiro atoms. The second kappa shape index (κ2) is 11.8. The van der Waals surface area contributed by atoms with E-state index >= 15 is 0 Å². The summed E-state index contributed by atoms with van der Waals surface area (Å²) in [5, 5.41) is 0. The van der Waals surface area contributed by atoms with Crippen LogP contribution in [0, 0.1) is 0 Å².